The second-order valence-corrected chi connectivity index (χ2v) is 10.2. The fourth-order valence-corrected chi connectivity index (χ4v) is 5.12. The van der Waals surface area contributed by atoms with Crippen LogP contribution in [0.4, 0.5) is 5.69 Å². The van der Waals surface area contributed by atoms with Crippen molar-refractivity contribution in [3.63, 3.8) is 0 Å². The minimum Gasteiger partial charge on any atom is -0.326 e. The summed E-state index contributed by atoms with van der Waals surface area (Å²) in [4.78, 5) is 13.4. The Labute approximate surface area is 214 Å². The Kier molecular flexibility index (Phi) is 6.34. The molecule has 186 valence electrons. The number of nitrogens with two attached hydrogens (primary N) is 2. The van der Waals surface area contributed by atoms with Crippen LogP contribution in [0.5, 0.6) is 0 Å². The number of fused-ring (bicyclic) bond motifs is 1. The van der Waals surface area contributed by atoms with E-state index >= 15 is 0 Å². The first-order chi connectivity index (χ1) is 17.7. The molecule has 0 atom stereocenters. The van der Waals surface area contributed by atoms with E-state index in [-0.39, 0.29) is 10.8 Å². The number of hydrogen-bond acceptors (Lipinski definition) is 5. The highest BCUT2D eigenvalue weighted by molar-refractivity contribution is 7.89. The zero-order chi connectivity index (χ0) is 26.2. The van der Waals surface area contributed by atoms with Gasteiger partial charge in [-0.3, -0.25) is 4.79 Å². The molecule has 0 aliphatic rings. The van der Waals surface area contributed by atoms with Crippen LogP contribution < -0.4 is 16.2 Å². The Morgan fingerprint density at radius 2 is 1.57 bits per heavy atom. The Morgan fingerprint density at radius 3 is 2.24 bits per heavy atom. The maximum absolute atomic E-state index is 13.3. The van der Waals surface area contributed by atoms with Gasteiger partial charge in [0, 0.05) is 17.8 Å². The fourth-order valence-electron chi connectivity index (χ4n) is 4.36. The standard InChI is InChI=1S/C28H25N5O3S/c1-18-14-26(33(32-18)25-16-21-7-3-2-6-20(21)15-22(25)17-29)28(34)31-23-12-10-19(11-13-23)24-8-4-5-9-27(24)37(30,35)36/h2-16H,17,29H2,1H3,(H,31,34)(H2,30,35,36). The van der Waals surface area contributed by atoms with Crippen LogP contribution in [0.15, 0.2) is 95.9 Å². The minimum absolute atomic E-state index is 0.0391. The van der Waals surface area contributed by atoms with Crippen LogP contribution in [0.3, 0.4) is 0 Å². The number of sulfonamides is 1. The molecular weight excluding hydrogens is 486 g/mol. The number of primary sulfonamides is 1. The minimum atomic E-state index is -3.88. The van der Waals surface area contributed by atoms with E-state index in [0.717, 1.165) is 22.0 Å². The van der Waals surface area contributed by atoms with Crippen molar-refractivity contribution in [2.45, 2.75) is 18.4 Å². The lowest BCUT2D eigenvalue weighted by molar-refractivity contribution is 0.101. The molecule has 8 nitrogen and oxygen atoms in total. The number of carbonyl (C=O) groups excluding carboxylic acids is 1. The summed E-state index contributed by atoms with van der Waals surface area (Å²) in [5.41, 5.74) is 10.4. The molecule has 0 fully saturated rings. The first kappa shape index (κ1) is 24.4. The highest BCUT2D eigenvalue weighted by Crippen LogP contribution is 2.28. The van der Waals surface area contributed by atoms with E-state index < -0.39 is 10.0 Å². The quantitative estimate of drug-likeness (QED) is 0.312. The van der Waals surface area contributed by atoms with E-state index in [9.17, 15) is 13.2 Å². The first-order valence-electron chi connectivity index (χ1n) is 11.6. The molecule has 0 radical (unpaired) electrons. The Bertz CT molecular complexity index is 1740. The molecule has 4 aromatic carbocycles. The zero-order valence-electron chi connectivity index (χ0n) is 20.0. The summed E-state index contributed by atoms with van der Waals surface area (Å²) in [6.45, 7) is 2.12. The van der Waals surface area contributed by atoms with Gasteiger partial charge < -0.3 is 11.1 Å². The molecule has 37 heavy (non-hydrogen) atoms. The number of aromatic nitrogens is 2. The third-order valence-corrected chi connectivity index (χ3v) is 7.08. The molecule has 1 heterocycles. The number of aryl methyl sites for hydroxylation is 1. The summed E-state index contributed by atoms with van der Waals surface area (Å²) in [5, 5.41) is 14.9. The predicted octanol–water partition coefficient (Wildman–Crippen LogP) is 4.36. The molecule has 1 aromatic heterocycles. The molecule has 5 rings (SSSR count). The molecule has 0 bridgehead atoms. The maximum Gasteiger partial charge on any atom is 0.274 e. The van der Waals surface area contributed by atoms with Gasteiger partial charge in [-0.25, -0.2) is 18.2 Å². The summed E-state index contributed by atoms with van der Waals surface area (Å²) < 4.78 is 25.6. The van der Waals surface area contributed by atoms with Crippen LogP contribution in [0.25, 0.3) is 27.6 Å². The van der Waals surface area contributed by atoms with E-state index in [2.05, 4.69) is 10.4 Å². The van der Waals surface area contributed by atoms with Gasteiger partial charge >= 0.3 is 0 Å². The number of rotatable bonds is 6. The Hall–Kier alpha value is -4.31. The van der Waals surface area contributed by atoms with E-state index in [1.54, 1.807) is 53.2 Å². The van der Waals surface area contributed by atoms with Gasteiger partial charge in [0.2, 0.25) is 10.0 Å². The fraction of sp³-hybridized carbons (Fsp3) is 0.0714. The largest absolute Gasteiger partial charge is 0.326 e. The van der Waals surface area contributed by atoms with Gasteiger partial charge in [0.1, 0.15) is 5.69 Å². The van der Waals surface area contributed by atoms with Crippen molar-refractivity contribution in [1.82, 2.24) is 9.78 Å². The van der Waals surface area contributed by atoms with Crippen LogP contribution >= 0.6 is 0 Å². The van der Waals surface area contributed by atoms with Crippen molar-refractivity contribution in [2.24, 2.45) is 10.9 Å². The summed E-state index contributed by atoms with van der Waals surface area (Å²) in [5.74, 6) is -0.339. The summed E-state index contributed by atoms with van der Waals surface area (Å²) >= 11 is 0. The van der Waals surface area contributed by atoms with Crippen molar-refractivity contribution in [2.75, 3.05) is 5.32 Å². The molecular formula is C28H25N5O3S. The van der Waals surface area contributed by atoms with E-state index in [1.165, 1.54) is 6.07 Å². The highest BCUT2D eigenvalue weighted by Gasteiger charge is 2.19. The summed E-state index contributed by atoms with van der Waals surface area (Å²) in [7, 11) is -3.88. The first-order valence-corrected chi connectivity index (χ1v) is 13.1. The predicted molar refractivity (Wildman–Crippen MR) is 145 cm³/mol. The number of amides is 1. The van der Waals surface area contributed by atoms with E-state index in [1.807, 2.05) is 43.3 Å². The van der Waals surface area contributed by atoms with E-state index in [0.29, 0.717) is 34.7 Å². The van der Waals surface area contributed by atoms with Crippen molar-refractivity contribution < 1.29 is 13.2 Å². The average molecular weight is 512 g/mol. The Morgan fingerprint density at radius 1 is 0.919 bits per heavy atom. The highest BCUT2D eigenvalue weighted by atomic mass is 32.2. The summed E-state index contributed by atoms with van der Waals surface area (Å²) in [6.07, 6.45) is 0. The third-order valence-electron chi connectivity index (χ3n) is 6.11. The molecule has 9 heteroatoms. The van der Waals surface area contributed by atoms with E-state index in [4.69, 9.17) is 10.9 Å². The number of nitrogens with one attached hydrogen (secondary N) is 1. The second kappa shape index (κ2) is 9.62. The van der Waals surface area contributed by atoms with Crippen molar-refractivity contribution in [3.8, 4) is 16.8 Å². The van der Waals surface area contributed by atoms with Crippen LogP contribution in [0.2, 0.25) is 0 Å². The second-order valence-electron chi connectivity index (χ2n) is 8.69. The van der Waals surface area contributed by atoms with Crippen molar-refractivity contribution >= 4 is 32.4 Å². The monoisotopic (exact) mass is 511 g/mol. The zero-order valence-corrected chi connectivity index (χ0v) is 20.9. The molecule has 0 saturated heterocycles. The van der Waals surface area contributed by atoms with Crippen LogP contribution in [0, 0.1) is 6.92 Å². The molecule has 1 amide bonds. The third kappa shape index (κ3) is 4.88. The van der Waals surface area contributed by atoms with Crippen molar-refractivity contribution in [3.05, 3.63) is 108 Å². The molecule has 0 aliphatic carbocycles. The van der Waals surface area contributed by atoms with Crippen LogP contribution in [-0.2, 0) is 16.6 Å². The lowest BCUT2D eigenvalue weighted by Crippen LogP contribution is -2.18. The molecule has 0 aliphatic heterocycles. The lowest BCUT2D eigenvalue weighted by Gasteiger charge is -2.14. The van der Waals surface area contributed by atoms with Gasteiger partial charge in [-0.1, -0.05) is 54.6 Å². The van der Waals surface area contributed by atoms with Gasteiger partial charge in [0.25, 0.3) is 5.91 Å². The topological polar surface area (TPSA) is 133 Å². The maximum atomic E-state index is 13.3. The molecule has 0 spiro atoms. The van der Waals surface area contributed by atoms with Gasteiger partial charge in [-0.15, -0.1) is 0 Å². The van der Waals surface area contributed by atoms with Gasteiger partial charge in [-0.2, -0.15) is 5.10 Å². The smallest absolute Gasteiger partial charge is 0.274 e. The number of anilines is 1. The van der Waals surface area contributed by atoms with Gasteiger partial charge in [0.05, 0.1) is 16.3 Å². The van der Waals surface area contributed by atoms with Gasteiger partial charge in [-0.05, 0) is 65.2 Å². The number of benzene rings is 4. The molecule has 5 aromatic rings. The molecule has 5 N–H and O–H groups in total. The average Bonchev–Trinajstić information content (AvgIpc) is 3.29. The van der Waals surface area contributed by atoms with Crippen molar-refractivity contribution in [1.29, 1.82) is 0 Å². The lowest BCUT2D eigenvalue weighted by atomic mass is 10.0. The molecule has 0 unspecified atom stereocenters. The normalized spacial score (nSPS) is 11.5. The van der Waals surface area contributed by atoms with Gasteiger partial charge in [0.15, 0.2) is 0 Å². The number of hydrogen-bond donors (Lipinski definition) is 3. The number of carbonyl (C=O) groups is 1. The molecule has 0 saturated carbocycles. The van der Waals surface area contributed by atoms with Crippen LogP contribution in [0.1, 0.15) is 21.7 Å². The van der Waals surface area contributed by atoms with Crippen LogP contribution in [-0.4, -0.2) is 24.1 Å². The number of nitrogens with zero attached hydrogens (tertiary/aromatic N) is 2. The SMILES string of the molecule is Cc1cc(C(=O)Nc2ccc(-c3ccccc3S(N)(=O)=O)cc2)n(-c2cc3ccccc3cc2CN)n1. The Balaban J connectivity index is 1.46. The summed E-state index contributed by atoms with van der Waals surface area (Å²) in [6, 6.07) is 27.1.